The van der Waals surface area contributed by atoms with Gasteiger partial charge < -0.3 is 0 Å². The van der Waals surface area contributed by atoms with Crippen LogP contribution in [-0.4, -0.2) is 6.29 Å². The zero-order chi connectivity index (χ0) is 11.4. The Kier molecular flexibility index (Phi) is 3.16. The molecule has 0 radical (unpaired) electrons. The molecule has 0 aliphatic carbocycles. The van der Waals surface area contributed by atoms with Gasteiger partial charge in [-0.15, -0.1) is 0 Å². The molecule has 0 aliphatic rings. The fourth-order valence-electron chi connectivity index (χ4n) is 1.77. The summed E-state index contributed by atoms with van der Waals surface area (Å²) in [6.45, 7) is 2.10. The van der Waals surface area contributed by atoms with Gasteiger partial charge >= 0.3 is 0 Å². The highest BCUT2D eigenvalue weighted by molar-refractivity contribution is 5.74. The molecule has 0 heterocycles. The third kappa shape index (κ3) is 2.57. The molecule has 0 saturated carbocycles. The molecule has 0 bridgehead atoms. The first-order valence-corrected chi connectivity index (χ1v) is 5.37. The van der Waals surface area contributed by atoms with E-state index in [1.807, 2.05) is 24.3 Å². The van der Waals surface area contributed by atoms with Gasteiger partial charge in [-0.2, -0.15) is 0 Å². The molecule has 0 atom stereocenters. The van der Waals surface area contributed by atoms with Crippen molar-refractivity contribution in [3.05, 3.63) is 70.8 Å². The molecular formula is C15H14O. The number of rotatable bonds is 3. The molecule has 0 unspecified atom stereocenters. The predicted molar refractivity (Wildman–Crippen MR) is 65.8 cm³/mol. The lowest BCUT2D eigenvalue weighted by Crippen LogP contribution is -1.89. The summed E-state index contributed by atoms with van der Waals surface area (Å²) in [6, 6.07) is 16.2. The molecule has 0 N–H and O–H groups in total. The van der Waals surface area contributed by atoms with E-state index in [0.29, 0.717) is 0 Å². The van der Waals surface area contributed by atoms with Crippen molar-refractivity contribution in [1.29, 1.82) is 0 Å². The van der Waals surface area contributed by atoms with Crippen LogP contribution in [0.1, 0.15) is 27.0 Å². The molecule has 0 amide bonds. The van der Waals surface area contributed by atoms with E-state index in [0.717, 1.165) is 18.3 Å². The van der Waals surface area contributed by atoms with Gasteiger partial charge in [-0.3, -0.25) is 4.79 Å². The topological polar surface area (TPSA) is 17.1 Å². The van der Waals surface area contributed by atoms with Gasteiger partial charge in [0.05, 0.1) is 0 Å². The Hall–Kier alpha value is -1.89. The smallest absolute Gasteiger partial charge is 0.150 e. The van der Waals surface area contributed by atoms with E-state index in [1.54, 1.807) is 0 Å². The summed E-state index contributed by atoms with van der Waals surface area (Å²) in [5, 5.41) is 0. The average molecular weight is 210 g/mol. The Balaban J connectivity index is 2.17. The Bertz CT molecular complexity index is 483. The summed E-state index contributed by atoms with van der Waals surface area (Å²) in [5.41, 5.74) is 4.55. The summed E-state index contributed by atoms with van der Waals surface area (Å²) in [7, 11) is 0. The highest BCUT2D eigenvalue weighted by atomic mass is 16.1. The van der Waals surface area contributed by atoms with Crippen LogP contribution in [0.5, 0.6) is 0 Å². The van der Waals surface area contributed by atoms with E-state index >= 15 is 0 Å². The van der Waals surface area contributed by atoms with Crippen molar-refractivity contribution in [2.75, 3.05) is 0 Å². The number of hydrogen-bond acceptors (Lipinski definition) is 1. The molecule has 16 heavy (non-hydrogen) atoms. The van der Waals surface area contributed by atoms with E-state index in [9.17, 15) is 4.79 Å². The van der Waals surface area contributed by atoms with E-state index in [4.69, 9.17) is 0 Å². The number of aldehydes is 1. The molecule has 2 rings (SSSR count). The lowest BCUT2D eigenvalue weighted by Gasteiger charge is -2.03. The second-order valence-corrected chi connectivity index (χ2v) is 4.03. The molecule has 2 aromatic rings. The maximum absolute atomic E-state index is 10.5. The third-order valence-corrected chi connectivity index (χ3v) is 2.61. The molecule has 0 saturated heterocycles. The zero-order valence-electron chi connectivity index (χ0n) is 9.31. The summed E-state index contributed by atoms with van der Waals surface area (Å²) >= 11 is 0. The first-order valence-electron chi connectivity index (χ1n) is 5.37. The first kappa shape index (κ1) is 10.6. The quantitative estimate of drug-likeness (QED) is 0.710. The summed E-state index contributed by atoms with van der Waals surface area (Å²) in [5.74, 6) is 0. The SMILES string of the molecule is Cc1cccc(Cc2ccc(C=O)cc2)c1. The van der Waals surface area contributed by atoms with Gasteiger partial charge in [-0.05, 0) is 24.5 Å². The number of carbonyl (C=O) groups is 1. The zero-order valence-corrected chi connectivity index (χ0v) is 9.31. The molecule has 2 aromatic carbocycles. The van der Waals surface area contributed by atoms with E-state index in [2.05, 4.69) is 31.2 Å². The maximum Gasteiger partial charge on any atom is 0.150 e. The van der Waals surface area contributed by atoms with Gasteiger partial charge in [0.1, 0.15) is 6.29 Å². The summed E-state index contributed by atoms with van der Waals surface area (Å²) in [4.78, 5) is 10.5. The van der Waals surface area contributed by atoms with Crippen LogP contribution in [0.2, 0.25) is 0 Å². The number of carbonyl (C=O) groups excluding carboxylic acids is 1. The minimum absolute atomic E-state index is 0.730. The van der Waals surface area contributed by atoms with Crippen molar-refractivity contribution in [3.8, 4) is 0 Å². The molecule has 80 valence electrons. The standard InChI is InChI=1S/C15H14O/c1-12-3-2-4-15(9-12)10-13-5-7-14(11-16)8-6-13/h2-9,11H,10H2,1H3. The van der Waals surface area contributed by atoms with Crippen LogP contribution in [0.25, 0.3) is 0 Å². The van der Waals surface area contributed by atoms with E-state index in [-0.39, 0.29) is 0 Å². The van der Waals surface area contributed by atoms with E-state index < -0.39 is 0 Å². The van der Waals surface area contributed by atoms with Crippen LogP contribution in [0.4, 0.5) is 0 Å². The number of aryl methyl sites for hydroxylation is 1. The Morgan fingerprint density at radius 3 is 2.38 bits per heavy atom. The highest BCUT2D eigenvalue weighted by Gasteiger charge is 1.97. The molecule has 0 aromatic heterocycles. The summed E-state index contributed by atoms with van der Waals surface area (Å²) < 4.78 is 0. The van der Waals surface area contributed by atoms with Crippen LogP contribution < -0.4 is 0 Å². The van der Waals surface area contributed by atoms with Gasteiger partial charge in [0.2, 0.25) is 0 Å². The van der Waals surface area contributed by atoms with Gasteiger partial charge in [0, 0.05) is 5.56 Å². The first-order chi connectivity index (χ1) is 7.78. The predicted octanol–water partition coefficient (Wildman–Crippen LogP) is 3.40. The molecule has 1 heteroatoms. The Labute approximate surface area is 95.7 Å². The van der Waals surface area contributed by atoms with Crippen LogP contribution in [0.15, 0.2) is 48.5 Å². The molecule has 0 aliphatic heterocycles. The van der Waals surface area contributed by atoms with Crippen molar-refractivity contribution < 1.29 is 4.79 Å². The second kappa shape index (κ2) is 4.75. The number of benzene rings is 2. The Morgan fingerprint density at radius 2 is 1.75 bits per heavy atom. The minimum atomic E-state index is 0.730. The van der Waals surface area contributed by atoms with E-state index in [1.165, 1.54) is 16.7 Å². The van der Waals surface area contributed by atoms with Crippen molar-refractivity contribution in [2.24, 2.45) is 0 Å². The van der Waals surface area contributed by atoms with Crippen LogP contribution in [0, 0.1) is 6.92 Å². The molecule has 0 fully saturated rings. The largest absolute Gasteiger partial charge is 0.298 e. The Morgan fingerprint density at radius 1 is 1.00 bits per heavy atom. The van der Waals surface area contributed by atoms with Crippen LogP contribution in [0.3, 0.4) is 0 Å². The van der Waals surface area contributed by atoms with Crippen molar-refractivity contribution in [3.63, 3.8) is 0 Å². The molecule has 1 nitrogen and oxygen atoms in total. The van der Waals surface area contributed by atoms with Crippen LogP contribution in [-0.2, 0) is 6.42 Å². The lowest BCUT2D eigenvalue weighted by molar-refractivity contribution is 0.112. The molecule has 0 spiro atoms. The molecular weight excluding hydrogens is 196 g/mol. The summed E-state index contributed by atoms with van der Waals surface area (Å²) in [6.07, 6.45) is 1.79. The second-order valence-electron chi connectivity index (χ2n) is 4.03. The fourth-order valence-corrected chi connectivity index (χ4v) is 1.77. The number of hydrogen-bond donors (Lipinski definition) is 0. The normalized spacial score (nSPS) is 10.1. The van der Waals surface area contributed by atoms with Crippen molar-refractivity contribution in [2.45, 2.75) is 13.3 Å². The average Bonchev–Trinajstić information content (AvgIpc) is 2.30. The minimum Gasteiger partial charge on any atom is -0.298 e. The van der Waals surface area contributed by atoms with Gasteiger partial charge in [0.25, 0.3) is 0 Å². The van der Waals surface area contributed by atoms with Gasteiger partial charge in [-0.25, -0.2) is 0 Å². The van der Waals surface area contributed by atoms with Crippen molar-refractivity contribution >= 4 is 6.29 Å². The van der Waals surface area contributed by atoms with Gasteiger partial charge in [-0.1, -0.05) is 54.1 Å². The maximum atomic E-state index is 10.5. The monoisotopic (exact) mass is 210 g/mol. The van der Waals surface area contributed by atoms with Gasteiger partial charge in [0.15, 0.2) is 0 Å². The van der Waals surface area contributed by atoms with Crippen LogP contribution >= 0.6 is 0 Å². The fraction of sp³-hybridized carbons (Fsp3) is 0.133. The van der Waals surface area contributed by atoms with Crippen molar-refractivity contribution in [1.82, 2.24) is 0 Å². The highest BCUT2D eigenvalue weighted by Crippen LogP contribution is 2.11. The third-order valence-electron chi connectivity index (χ3n) is 2.61. The lowest BCUT2D eigenvalue weighted by atomic mass is 10.0.